The molecule has 0 spiro atoms. The average Bonchev–Trinajstić information content (AvgIpc) is 2.71. The van der Waals surface area contributed by atoms with Crippen molar-refractivity contribution in [2.24, 2.45) is 0 Å². The van der Waals surface area contributed by atoms with Gasteiger partial charge in [0.05, 0.1) is 10.6 Å². The van der Waals surface area contributed by atoms with Crippen LogP contribution in [0.3, 0.4) is 0 Å². The summed E-state index contributed by atoms with van der Waals surface area (Å²) < 4.78 is 53.8. The highest BCUT2D eigenvalue weighted by Gasteiger charge is 2.30. The van der Waals surface area contributed by atoms with Crippen molar-refractivity contribution in [1.29, 1.82) is 0 Å². The van der Waals surface area contributed by atoms with Crippen molar-refractivity contribution in [2.45, 2.75) is 15.9 Å². The minimum absolute atomic E-state index is 0.116. The molecule has 2 aromatic carbocycles. The third kappa shape index (κ3) is 5.63. The summed E-state index contributed by atoms with van der Waals surface area (Å²) in [6.45, 7) is -0.307. The van der Waals surface area contributed by atoms with Crippen LogP contribution in [0, 0.1) is 0 Å². The molecule has 0 bridgehead atoms. The molecule has 1 aromatic heterocycles. The van der Waals surface area contributed by atoms with Gasteiger partial charge in [-0.2, -0.15) is 0 Å². The first kappa shape index (κ1) is 21.4. The van der Waals surface area contributed by atoms with Crippen LogP contribution in [0.25, 0.3) is 0 Å². The molecular formula is C20H19ClN2O4S2. The summed E-state index contributed by atoms with van der Waals surface area (Å²) in [5.74, 6) is -0.282. The molecule has 1 unspecified atom stereocenters. The first-order valence-corrected chi connectivity index (χ1v) is 12.3. The Morgan fingerprint density at radius 2 is 1.59 bits per heavy atom. The summed E-state index contributed by atoms with van der Waals surface area (Å²) in [5, 5.41) is -0.608. The van der Waals surface area contributed by atoms with Crippen molar-refractivity contribution in [3.63, 3.8) is 0 Å². The average molecular weight is 451 g/mol. The minimum Gasteiger partial charge on any atom is -0.264 e. The van der Waals surface area contributed by atoms with E-state index in [1.807, 2.05) is 0 Å². The van der Waals surface area contributed by atoms with E-state index in [9.17, 15) is 16.8 Å². The van der Waals surface area contributed by atoms with E-state index in [1.165, 1.54) is 24.5 Å². The molecule has 0 saturated carbocycles. The van der Waals surface area contributed by atoms with Crippen molar-refractivity contribution >= 4 is 31.5 Å². The number of hydrogen-bond acceptors (Lipinski definition) is 5. The number of nitrogens with zero attached hydrogens (tertiary/aromatic N) is 1. The van der Waals surface area contributed by atoms with Gasteiger partial charge in [-0.15, -0.1) is 0 Å². The van der Waals surface area contributed by atoms with Crippen molar-refractivity contribution in [1.82, 2.24) is 9.71 Å². The lowest BCUT2D eigenvalue weighted by atomic mass is 10.2. The van der Waals surface area contributed by atoms with E-state index in [0.717, 1.165) is 0 Å². The Balaban J connectivity index is 1.85. The summed E-state index contributed by atoms with van der Waals surface area (Å²) in [4.78, 5) is 4.10. The van der Waals surface area contributed by atoms with Crippen LogP contribution < -0.4 is 4.72 Å². The number of sulfonamides is 1. The molecule has 0 amide bonds. The third-order valence-electron chi connectivity index (χ3n) is 4.26. The number of sulfone groups is 1. The first-order valence-electron chi connectivity index (χ1n) is 8.68. The Kier molecular flexibility index (Phi) is 6.69. The van der Waals surface area contributed by atoms with E-state index >= 15 is 0 Å². The Morgan fingerprint density at radius 1 is 0.897 bits per heavy atom. The summed E-state index contributed by atoms with van der Waals surface area (Å²) in [6.07, 6.45) is 2.96. The topological polar surface area (TPSA) is 93.2 Å². The van der Waals surface area contributed by atoms with Gasteiger partial charge in [0.2, 0.25) is 10.0 Å². The van der Waals surface area contributed by atoms with E-state index < -0.39 is 25.1 Å². The van der Waals surface area contributed by atoms with Crippen LogP contribution in [0.4, 0.5) is 0 Å². The predicted octanol–water partition coefficient (Wildman–Crippen LogP) is 3.37. The number of aromatic nitrogens is 1. The van der Waals surface area contributed by atoms with Crippen LogP contribution in [-0.2, 0) is 25.6 Å². The molecule has 152 valence electrons. The second kappa shape index (κ2) is 9.04. The van der Waals surface area contributed by atoms with Gasteiger partial charge in [0.1, 0.15) is 5.25 Å². The van der Waals surface area contributed by atoms with E-state index in [1.54, 1.807) is 54.6 Å². The second-order valence-corrected chi connectivity index (χ2v) is 10.7. The lowest BCUT2D eigenvalue weighted by Gasteiger charge is -2.19. The molecule has 3 aromatic rings. The quantitative estimate of drug-likeness (QED) is 0.568. The van der Waals surface area contributed by atoms with Gasteiger partial charge in [-0.3, -0.25) is 4.98 Å². The number of halogens is 1. The number of nitrogens with one attached hydrogen (secondary N) is 1. The highest BCUT2D eigenvalue weighted by Crippen LogP contribution is 2.28. The standard InChI is InChI=1S/C20H19ClN2O4S2/c21-18-10-8-16(9-11-18)15-28(24,25)23-14-20(17-5-4-12-22-13-17)29(26,27)19-6-2-1-3-7-19/h1-13,20,23H,14-15H2. The molecule has 1 atom stereocenters. The molecular weight excluding hydrogens is 432 g/mol. The van der Waals surface area contributed by atoms with Gasteiger partial charge in [0, 0.05) is 24.0 Å². The molecule has 1 heterocycles. The molecule has 6 nitrogen and oxygen atoms in total. The zero-order valence-electron chi connectivity index (χ0n) is 15.3. The summed E-state index contributed by atoms with van der Waals surface area (Å²) in [6, 6.07) is 17.6. The van der Waals surface area contributed by atoms with Crippen LogP contribution in [-0.4, -0.2) is 28.4 Å². The van der Waals surface area contributed by atoms with Crippen molar-refractivity contribution in [3.8, 4) is 0 Å². The molecule has 0 fully saturated rings. The minimum atomic E-state index is -3.84. The zero-order chi connectivity index (χ0) is 20.9. The van der Waals surface area contributed by atoms with Crippen LogP contribution in [0.2, 0.25) is 5.02 Å². The maximum Gasteiger partial charge on any atom is 0.215 e. The van der Waals surface area contributed by atoms with E-state index in [-0.39, 0.29) is 17.2 Å². The number of benzene rings is 2. The van der Waals surface area contributed by atoms with Gasteiger partial charge in [0.25, 0.3) is 0 Å². The smallest absolute Gasteiger partial charge is 0.215 e. The number of rotatable bonds is 8. The van der Waals surface area contributed by atoms with E-state index in [0.29, 0.717) is 16.1 Å². The highest BCUT2D eigenvalue weighted by atomic mass is 35.5. The Bertz CT molecular complexity index is 1150. The van der Waals surface area contributed by atoms with E-state index in [4.69, 9.17) is 11.6 Å². The van der Waals surface area contributed by atoms with Crippen LogP contribution in [0.5, 0.6) is 0 Å². The van der Waals surface area contributed by atoms with Crippen molar-refractivity contribution < 1.29 is 16.8 Å². The number of pyridine rings is 1. The fourth-order valence-corrected chi connectivity index (χ4v) is 5.85. The van der Waals surface area contributed by atoms with Crippen LogP contribution in [0.15, 0.2) is 84.0 Å². The van der Waals surface area contributed by atoms with E-state index in [2.05, 4.69) is 9.71 Å². The first-order chi connectivity index (χ1) is 13.8. The molecule has 0 aliphatic carbocycles. The Hall–Kier alpha value is -2.26. The molecule has 29 heavy (non-hydrogen) atoms. The summed E-state index contributed by atoms with van der Waals surface area (Å²) in [5.41, 5.74) is 0.955. The monoisotopic (exact) mass is 450 g/mol. The molecule has 0 aliphatic rings. The third-order valence-corrected chi connectivity index (χ3v) is 7.95. The summed E-state index contributed by atoms with van der Waals surface area (Å²) in [7, 11) is -7.61. The lowest BCUT2D eigenvalue weighted by molar-refractivity contribution is 0.568. The van der Waals surface area contributed by atoms with Crippen molar-refractivity contribution in [3.05, 3.63) is 95.3 Å². The van der Waals surface area contributed by atoms with Gasteiger partial charge in [-0.25, -0.2) is 21.6 Å². The summed E-state index contributed by atoms with van der Waals surface area (Å²) >= 11 is 5.82. The fraction of sp³-hybridized carbons (Fsp3) is 0.150. The number of hydrogen-bond donors (Lipinski definition) is 1. The molecule has 1 N–H and O–H groups in total. The van der Waals surface area contributed by atoms with Crippen molar-refractivity contribution in [2.75, 3.05) is 6.54 Å². The maximum atomic E-state index is 13.2. The molecule has 0 aliphatic heterocycles. The fourth-order valence-electron chi connectivity index (χ4n) is 2.80. The second-order valence-electron chi connectivity index (χ2n) is 6.37. The molecule has 0 saturated heterocycles. The van der Waals surface area contributed by atoms with Crippen LogP contribution >= 0.6 is 11.6 Å². The molecule has 0 radical (unpaired) electrons. The maximum absolute atomic E-state index is 13.2. The zero-order valence-corrected chi connectivity index (χ0v) is 17.7. The Labute approximate surface area is 175 Å². The lowest BCUT2D eigenvalue weighted by Crippen LogP contribution is -2.32. The van der Waals surface area contributed by atoms with Gasteiger partial charge in [0.15, 0.2) is 9.84 Å². The van der Waals surface area contributed by atoms with Gasteiger partial charge < -0.3 is 0 Å². The molecule has 9 heteroatoms. The van der Waals surface area contributed by atoms with Gasteiger partial charge in [-0.05, 0) is 41.5 Å². The van der Waals surface area contributed by atoms with Crippen LogP contribution in [0.1, 0.15) is 16.4 Å². The van der Waals surface area contributed by atoms with Gasteiger partial charge >= 0.3 is 0 Å². The largest absolute Gasteiger partial charge is 0.264 e. The normalized spacial score (nSPS) is 13.1. The highest BCUT2D eigenvalue weighted by molar-refractivity contribution is 7.92. The Morgan fingerprint density at radius 3 is 2.21 bits per heavy atom. The van der Waals surface area contributed by atoms with Gasteiger partial charge in [-0.1, -0.05) is 48.0 Å². The molecule has 3 rings (SSSR count). The SMILES string of the molecule is O=S(=O)(Cc1ccc(Cl)cc1)NCC(c1cccnc1)S(=O)(=O)c1ccccc1. The predicted molar refractivity (Wildman–Crippen MR) is 113 cm³/mol.